The summed E-state index contributed by atoms with van der Waals surface area (Å²) in [5, 5.41) is 3.22. The largest absolute Gasteiger partial charge is 0.322 e. The molecule has 0 saturated heterocycles. The van der Waals surface area contributed by atoms with E-state index in [2.05, 4.69) is 15.0 Å². The number of fused-ring (bicyclic) bond motifs is 1. The number of nitrogens with one attached hydrogen (secondary N) is 3. The van der Waals surface area contributed by atoms with Gasteiger partial charge in [0.05, 0.1) is 10.5 Å². The van der Waals surface area contributed by atoms with Gasteiger partial charge in [0.1, 0.15) is 0 Å². The Bertz CT molecular complexity index is 1500. The lowest BCUT2D eigenvalue weighted by atomic mass is 10.1. The van der Waals surface area contributed by atoms with E-state index in [0.29, 0.717) is 22.7 Å². The van der Waals surface area contributed by atoms with Crippen LogP contribution < -0.4 is 15.6 Å². The zero-order chi connectivity index (χ0) is 22.9. The summed E-state index contributed by atoms with van der Waals surface area (Å²) < 4.78 is 53.4. The molecule has 0 saturated carbocycles. The number of aromatic amines is 1. The van der Waals surface area contributed by atoms with E-state index < -0.39 is 38.0 Å². The number of H-pyrrole nitrogens is 1. The molecule has 162 valence electrons. The van der Waals surface area contributed by atoms with Gasteiger partial charge in [-0.15, -0.1) is 0 Å². The fraction of sp³-hybridized carbons (Fsp3) is 0. The van der Waals surface area contributed by atoms with Crippen LogP contribution in [0.3, 0.4) is 0 Å². The maximum atomic E-state index is 13.4. The van der Waals surface area contributed by atoms with Crippen LogP contribution in [0.1, 0.15) is 10.4 Å². The molecule has 0 unspecified atom stereocenters. The smallest absolute Gasteiger partial charge is 0.261 e. The Kier molecular flexibility index (Phi) is 5.45. The molecule has 0 aliphatic carbocycles. The maximum Gasteiger partial charge on any atom is 0.261 e. The number of benzene rings is 3. The molecule has 0 spiro atoms. The Balaban J connectivity index is 1.53. The molecule has 7 nitrogen and oxygen atoms in total. The number of pyridine rings is 1. The molecule has 4 rings (SSSR count). The summed E-state index contributed by atoms with van der Waals surface area (Å²) >= 11 is 0. The van der Waals surface area contributed by atoms with Crippen molar-refractivity contribution in [3.05, 3.63) is 100 Å². The van der Waals surface area contributed by atoms with Crippen LogP contribution in [0.25, 0.3) is 10.9 Å². The first-order valence-electron chi connectivity index (χ1n) is 9.24. The van der Waals surface area contributed by atoms with Gasteiger partial charge in [0, 0.05) is 28.3 Å². The van der Waals surface area contributed by atoms with Crippen LogP contribution >= 0.6 is 0 Å². The van der Waals surface area contributed by atoms with E-state index in [0.717, 1.165) is 12.1 Å². The molecule has 4 aromatic rings. The third kappa shape index (κ3) is 4.35. The second-order valence-corrected chi connectivity index (χ2v) is 8.49. The van der Waals surface area contributed by atoms with Gasteiger partial charge in [-0.1, -0.05) is 18.2 Å². The minimum absolute atomic E-state index is 0.148. The zero-order valence-corrected chi connectivity index (χ0v) is 17.0. The van der Waals surface area contributed by atoms with Crippen LogP contribution in [-0.4, -0.2) is 19.3 Å². The molecule has 32 heavy (non-hydrogen) atoms. The van der Waals surface area contributed by atoms with Crippen molar-refractivity contribution < 1.29 is 22.0 Å². The van der Waals surface area contributed by atoms with E-state index in [4.69, 9.17) is 0 Å². The van der Waals surface area contributed by atoms with E-state index >= 15 is 0 Å². The highest BCUT2D eigenvalue weighted by molar-refractivity contribution is 7.92. The molecule has 3 N–H and O–H groups in total. The molecular weight excluding hydrogens is 440 g/mol. The second kappa shape index (κ2) is 8.23. The number of rotatable bonds is 5. The average molecular weight is 455 g/mol. The number of carbonyl (C=O) groups is 1. The summed E-state index contributed by atoms with van der Waals surface area (Å²) in [7, 11) is -4.14. The number of hydrogen-bond donors (Lipinski definition) is 3. The lowest BCUT2D eigenvalue weighted by molar-refractivity contribution is 0.102. The molecule has 10 heteroatoms. The van der Waals surface area contributed by atoms with Crippen molar-refractivity contribution in [2.75, 3.05) is 10.0 Å². The fourth-order valence-corrected chi connectivity index (χ4v) is 4.14. The number of aromatic nitrogens is 1. The Hall–Kier alpha value is -4.05. The Morgan fingerprint density at radius 3 is 2.25 bits per heavy atom. The predicted octanol–water partition coefficient (Wildman–Crippen LogP) is 3.86. The topological polar surface area (TPSA) is 108 Å². The van der Waals surface area contributed by atoms with Gasteiger partial charge in [0.25, 0.3) is 15.9 Å². The van der Waals surface area contributed by atoms with Crippen LogP contribution in [0.4, 0.5) is 20.2 Å². The second-order valence-electron chi connectivity index (χ2n) is 6.81. The minimum atomic E-state index is -4.14. The van der Waals surface area contributed by atoms with Gasteiger partial charge in [0.2, 0.25) is 5.56 Å². The number of sulfonamides is 1. The number of hydrogen-bond acceptors (Lipinski definition) is 4. The van der Waals surface area contributed by atoms with Crippen molar-refractivity contribution in [1.82, 2.24) is 4.98 Å². The SMILES string of the molecule is O=C(Nc1ccc(NS(=O)(=O)c2ccc(F)c(F)c2)cc1)c1cc(=O)[nH]c2ccccc12. The lowest BCUT2D eigenvalue weighted by Gasteiger charge is -2.11. The van der Waals surface area contributed by atoms with Crippen LogP contribution in [0.15, 0.2) is 82.5 Å². The van der Waals surface area contributed by atoms with E-state index in [9.17, 15) is 26.8 Å². The number of amides is 1. The van der Waals surface area contributed by atoms with Crippen molar-refractivity contribution in [2.45, 2.75) is 4.90 Å². The molecule has 1 amide bonds. The monoisotopic (exact) mass is 455 g/mol. The Morgan fingerprint density at radius 2 is 1.53 bits per heavy atom. The first-order chi connectivity index (χ1) is 15.2. The van der Waals surface area contributed by atoms with Crippen LogP contribution in [0.5, 0.6) is 0 Å². The minimum Gasteiger partial charge on any atom is -0.322 e. The summed E-state index contributed by atoms with van der Waals surface area (Å²) in [4.78, 5) is 26.8. The van der Waals surface area contributed by atoms with E-state index in [1.807, 2.05) is 0 Å². The third-order valence-corrected chi connectivity index (χ3v) is 5.97. The Morgan fingerprint density at radius 1 is 0.844 bits per heavy atom. The maximum absolute atomic E-state index is 13.4. The summed E-state index contributed by atoms with van der Waals surface area (Å²) in [6, 6.07) is 16.0. The summed E-state index contributed by atoms with van der Waals surface area (Å²) in [5.74, 6) is -2.95. The van der Waals surface area contributed by atoms with Crippen LogP contribution in [0.2, 0.25) is 0 Å². The highest BCUT2D eigenvalue weighted by atomic mass is 32.2. The van der Waals surface area contributed by atoms with Gasteiger partial charge in [-0.05, 0) is 48.5 Å². The Labute approximate surface area is 180 Å². The van der Waals surface area contributed by atoms with Crippen molar-refractivity contribution in [2.24, 2.45) is 0 Å². The van der Waals surface area contributed by atoms with Crippen LogP contribution in [-0.2, 0) is 10.0 Å². The molecule has 0 radical (unpaired) electrons. The predicted molar refractivity (Wildman–Crippen MR) is 116 cm³/mol. The van der Waals surface area contributed by atoms with Gasteiger partial charge in [-0.25, -0.2) is 17.2 Å². The van der Waals surface area contributed by atoms with Gasteiger partial charge in [-0.3, -0.25) is 14.3 Å². The summed E-state index contributed by atoms with van der Waals surface area (Å²) in [6.45, 7) is 0. The molecular formula is C22H15F2N3O4S. The van der Waals surface area contributed by atoms with Gasteiger partial charge in [-0.2, -0.15) is 0 Å². The van der Waals surface area contributed by atoms with Gasteiger partial charge < -0.3 is 10.3 Å². The van der Waals surface area contributed by atoms with Gasteiger partial charge in [0.15, 0.2) is 11.6 Å². The molecule has 0 atom stereocenters. The normalized spacial score (nSPS) is 11.3. The quantitative estimate of drug-likeness (QED) is 0.425. The molecule has 0 bridgehead atoms. The van der Waals surface area contributed by atoms with Gasteiger partial charge >= 0.3 is 0 Å². The fourth-order valence-electron chi connectivity index (χ4n) is 3.07. The van der Waals surface area contributed by atoms with Crippen LogP contribution in [0, 0.1) is 11.6 Å². The zero-order valence-electron chi connectivity index (χ0n) is 16.2. The average Bonchev–Trinajstić information content (AvgIpc) is 2.76. The number of anilines is 2. The highest BCUT2D eigenvalue weighted by Gasteiger charge is 2.17. The standard InChI is InChI=1S/C22H15F2N3O4S/c23-18-10-9-15(11-19(18)24)32(30,31)27-14-7-5-13(6-8-14)25-22(29)17-12-21(28)26-20-4-2-1-3-16(17)20/h1-12,27H,(H,25,29)(H,26,28). The summed E-state index contributed by atoms with van der Waals surface area (Å²) in [5.41, 5.74) is 0.792. The van der Waals surface area contributed by atoms with E-state index in [1.165, 1.54) is 30.3 Å². The van der Waals surface area contributed by atoms with Crippen molar-refractivity contribution >= 4 is 38.2 Å². The van der Waals surface area contributed by atoms with Crippen molar-refractivity contribution in [3.63, 3.8) is 0 Å². The molecule has 1 aromatic heterocycles. The third-order valence-electron chi connectivity index (χ3n) is 4.59. The van der Waals surface area contributed by atoms with Crippen molar-refractivity contribution in [3.8, 4) is 0 Å². The lowest BCUT2D eigenvalue weighted by Crippen LogP contribution is -2.17. The molecule has 0 aliphatic heterocycles. The highest BCUT2D eigenvalue weighted by Crippen LogP contribution is 2.21. The molecule has 1 heterocycles. The number of para-hydroxylation sites is 1. The molecule has 0 aliphatic rings. The number of carbonyl (C=O) groups excluding carboxylic acids is 1. The van der Waals surface area contributed by atoms with E-state index in [-0.39, 0.29) is 11.3 Å². The number of halogens is 2. The molecule has 0 fully saturated rings. The summed E-state index contributed by atoms with van der Waals surface area (Å²) in [6.07, 6.45) is 0. The first-order valence-corrected chi connectivity index (χ1v) is 10.7. The molecule has 3 aromatic carbocycles. The van der Waals surface area contributed by atoms with Crippen molar-refractivity contribution in [1.29, 1.82) is 0 Å². The van der Waals surface area contributed by atoms with E-state index in [1.54, 1.807) is 24.3 Å². The first kappa shape index (κ1) is 21.2.